The molecule has 0 spiro atoms. The quantitative estimate of drug-likeness (QED) is 0.800. The van der Waals surface area contributed by atoms with Crippen LogP contribution in [-0.4, -0.2) is 9.97 Å². The fraction of sp³-hybridized carbons (Fsp3) is 0.176. The van der Waals surface area contributed by atoms with Gasteiger partial charge >= 0.3 is 6.18 Å². The second-order valence-electron chi connectivity index (χ2n) is 5.18. The van der Waals surface area contributed by atoms with Gasteiger partial charge in [0.15, 0.2) is 0 Å². The number of halogens is 3. The van der Waals surface area contributed by atoms with Crippen molar-refractivity contribution in [3.05, 3.63) is 75.7 Å². The molecule has 0 bridgehead atoms. The molecular weight excluding hydrogens is 305 g/mol. The van der Waals surface area contributed by atoms with Gasteiger partial charge in [0.05, 0.1) is 16.6 Å². The Hall–Kier alpha value is -2.63. The van der Waals surface area contributed by atoms with Gasteiger partial charge in [-0.3, -0.25) is 4.79 Å². The number of rotatable bonds is 3. The largest absolute Gasteiger partial charge is 0.416 e. The summed E-state index contributed by atoms with van der Waals surface area (Å²) in [4.78, 5) is 19.0. The molecule has 0 aliphatic heterocycles. The van der Waals surface area contributed by atoms with Gasteiger partial charge in [0.2, 0.25) is 0 Å². The number of alkyl halides is 3. The zero-order chi connectivity index (χ0) is 16.4. The van der Waals surface area contributed by atoms with Gasteiger partial charge in [0.1, 0.15) is 5.69 Å². The van der Waals surface area contributed by atoms with Crippen molar-refractivity contribution in [1.82, 2.24) is 9.97 Å². The number of aromatic amines is 1. The van der Waals surface area contributed by atoms with Crippen LogP contribution in [0.4, 0.5) is 13.2 Å². The third-order valence-electron chi connectivity index (χ3n) is 3.62. The molecule has 3 nitrogen and oxygen atoms in total. The first-order chi connectivity index (χ1) is 10.9. The second kappa shape index (κ2) is 5.87. The molecule has 2 aromatic carbocycles. The summed E-state index contributed by atoms with van der Waals surface area (Å²) < 4.78 is 38.9. The second-order valence-corrected chi connectivity index (χ2v) is 5.18. The van der Waals surface area contributed by atoms with Crippen LogP contribution in [0.5, 0.6) is 0 Å². The van der Waals surface area contributed by atoms with Crippen LogP contribution in [-0.2, 0) is 19.0 Å². The van der Waals surface area contributed by atoms with Gasteiger partial charge in [0.25, 0.3) is 5.56 Å². The summed E-state index contributed by atoms with van der Waals surface area (Å²) in [6.07, 6.45) is -4.16. The Labute approximate surface area is 129 Å². The van der Waals surface area contributed by atoms with Crippen molar-refractivity contribution < 1.29 is 13.2 Å². The van der Waals surface area contributed by atoms with E-state index < -0.39 is 11.7 Å². The van der Waals surface area contributed by atoms with E-state index in [1.807, 2.05) is 0 Å². The van der Waals surface area contributed by atoms with Crippen LogP contribution >= 0.6 is 0 Å². The predicted octanol–water partition coefficient (Wildman–Crippen LogP) is 3.73. The molecule has 0 aliphatic rings. The summed E-state index contributed by atoms with van der Waals surface area (Å²) in [7, 11) is 0. The average molecular weight is 318 g/mol. The first-order valence-electron chi connectivity index (χ1n) is 7.08. The van der Waals surface area contributed by atoms with Crippen LogP contribution < -0.4 is 5.56 Å². The van der Waals surface area contributed by atoms with E-state index in [1.165, 1.54) is 12.1 Å². The van der Waals surface area contributed by atoms with E-state index in [2.05, 4.69) is 9.97 Å². The van der Waals surface area contributed by atoms with E-state index in [0.717, 1.165) is 6.07 Å². The average Bonchev–Trinajstić information content (AvgIpc) is 2.52. The molecule has 0 saturated heterocycles. The first kappa shape index (κ1) is 15.3. The molecule has 3 rings (SSSR count). The molecule has 118 valence electrons. The maximum Gasteiger partial charge on any atom is 0.416 e. The summed E-state index contributed by atoms with van der Waals surface area (Å²) in [6.45, 7) is 0. The van der Waals surface area contributed by atoms with Crippen LogP contribution in [0, 0.1) is 0 Å². The van der Waals surface area contributed by atoms with Crippen molar-refractivity contribution in [3.8, 4) is 0 Å². The highest BCUT2D eigenvalue weighted by Crippen LogP contribution is 2.32. The minimum atomic E-state index is -4.40. The fourth-order valence-corrected chi connectivity index (χ4v) is 2.50. The number of hydrogen-bond acceptors (Lipinski definition) is 2. The Morgan fingerprint density at radius 3 is 2.43 bits per heavy atom. The topological polar surface area (TPSA) is 45.8 Å². The highest BCUT2D eigenvalue weighted by molar-refractivity contribution is 5.73. The van der Waals surface area contributed by atoms with Gasteiger partial charge in [-0.15, -0.1) is 0 Å². The van der Waals surface area contributed by atoms with Gasteiger partial charge in [-0.05, 0) is 36.6 Å². The first-order valence-corrected chi connectivity index (χ1v) is 7.08. The van der Waals surface area contributed by atoms with E-state index in [0.29, 0.717) is 11.0 Å². The van der Waals surface area contributed by atoms with Crippen LogP contribution in [0.1, 0.15) is 16.8 Å². The fourth-order valence-electron chi connectivity index (χ4n) is 2.50. The van der Waals surface area contributed by atoms with Gasteiger partial charge in [-0.2, -0.15) is 13.2 Å². The Bertz CT molecular complexity index is 900. The molecule has 0 aliphatic carbocycles. The van der Waals surface area contributed by atoms with E-state index in [4.69, 9.17) is 0 Å². The minimum absolute atomic E-state index is 0.101. The van der Waals surface area contributed by atoms with Crippen molar-refractivity contribution in [2.24, 2.45) is 0 Å². The molecule has 23 heavy (non-hydrogen) atoms. The summed E-state index contributed by atoms with van der Waals surface area (Å²) in [5.41, 5.74) is 0.587. The molecule has 0 unspecified atom stereocenters. The van der Waals surface area contributed by atoms with Crippen molar-refractivity contribution >= 4 is 11.0 Å². The molecule has 0 atom stereocenters. The number of nitrogens with one attached hydrogen (secondary N) is 1. The zero-order valence-corrected chi connectivity index (χ0v) is 12.0. The van der Waals surface area contributed by atoms with Crippen molar-refractivity contribution in [2.45, 2.75) is 19.0 Å². The summed E-state index contributed by atoms with van der Waals surface area (Å²) >= 11 is 0. The monoisotopic (exact) mass is 318 g/mol. The Morgan fingerprint density at radius 2 is 1.65 bits per heavy atom. The van der Waals surface area contributed by atoms with Crippen LogP contribution in [0.2, 0.25) is 0 Å². The molecule has 0 saturated carbocycles. The normalized spacial score (nSPS) is 11.8. The lowest BCUT2D eigenvalue weighted by Gasteiger charge is -2.12. The van der Waals surface area contributed by atoms with Gasteiger partial charge < -0.3 is 4.98 Å². The number of fused-ring (bicyclic) bond motifs is 1. The predicted molar refractivity (Wildman–Crippen MR) is 81.2 cm³/mol. The maximum atomic E-state index is 13.0. The summed E-state index contributed by atoms with van der Waals surface area (Å²) in [6, 6.07) is 12.4. The molecular formula is C17H13F3N2O. The lowest BCUT2D eigenvalue weighted by atomic mass is 10.0. The molecule has 1 heterocycles. The lowest BCUT2D eigenvalue weighted by molar-refractivity contribution is -0.138. The summed E-state index contributed by atoms with van der Waals surface area (Å²) in [5, 5.41) is 0. The standard InChI is InChI=1S/C17H13F3N2O/c18-17(19,20)12-6-2-1-5-11(12)9-10-15-16(23)22-14-8-4-3-7-13(14)21-15/h1-8H,9-10H2,(H,22,23). The highest BCUT2D eigenvalue weighted by Gasteiger charge is 2.32. The van der Waals surface area contributed by atoms with Crippen LogP contribution in [0.25, 0.3) is 11.0 Å². The number of para-hydroxylation sites is 2. The third kappa shape index (κ3) is 3.26. The number of nitrogens with zero attached hydrogens (tertiary/aromatic N) is 1. The number of H-pyrrole nitrogens is 1. The molecule has 0 fully saturated rings. The smallest absolute Gasteiger partial charge is 0.319 e. The van der Waals surface area contributed by atoms with Crippen LogP contribution in [0.15, 0.2) is 53.3 Å². The van der Waals surface area contributed by atoms with Crippen molar-refractivity contribution in [2.75, 3.05) is 0 Å². The molecule has 6 heteroatoms. The molecule has 1 N–H and O–H groups in total. The van der Waals surface area contributed by atoms with E-state index in [9.17, 15) is 18.0 Å². The number of benzene rings is 2. The number of aromatic nitrogens is 2. The number of aryl methyl sites for hydroxylation is 2. The van der Waals surface area contributed by atoms with E-state index >= 15 is 0 Å². The molecule has 0 radical (unpaired) electrons. The Balaban J connectivity index is 1.90. The highest BCUT2D eigenvalue weighted by atomic mass is 19.4. The lowest BCUT2D eigenvalue weighted by Crippen LogP contribution is -2.17. The SMILES string of the molecule is O=c1[nH]c2ccccc2nc1CCc1ccccc1C(F)(F)F. The third-order valence-corrected chi connectivity index (χ3v) is 3.62. The van der Waals surface area contributed by atoms with Gasteiger partial charge in [-0.25, -0.2) is 4.98 Å². The Morgan fingerprint density at radius 1 is 0.957 bits per heavy atom. The van der Waals surface area contributed by atoms with E-state index in [1.54, 1.807) is 30.3 Å². The Kier molecular flexibility index (Phi) is 3.90. The molecule has 0 amide bonds. The van der Waals surface area contributed by atoms with E-state index in [-0.39, 0.29) is 29.7 Å². The summed E-state index contributed by atoms with van der Waals surface area (Å²) in [5.74, 6) is 0. The van der Waals surface area contributed by atoms with Crippen molar-refractivity contribution in [3.63, 3.8) is 0 Å². The van der Waals surface area contributed by atoms with Gasteiger partial charge in [-0.1, -0.05) is 30.3 Å². The molecule has 3 aromatic rings. The van der Waals surface area contributed by atoms with Crippen molar-refractivity contribution in [1.29, 1.82) is 0 Å². The number of hydrogen-bond donors (Lipinski definition) is 1. The maximum absolute atomic E-state index is 13.0. The van der Waals surface area contributed by atoms with Crippen LogP contribution in [0.3, 0.4) is 0 Å². The molecule has 1 aromatic heterocycles. The zero-order valence-electron chi connectivity index (χ0n) is 12.0. The minimum Gasteiger partial charge on any atom is -0.319 e. The van der Waals surface area contributed by atoms with Gasteiger partial charge in [0, 0.05) is 0 Å².